The second kappa shape index (κ2) is 3.91. The molecule has 4 heteroatoms. The molecule has 0 saturated carbocycles. The van der Waals surface area contributed by atoms with Crippen LogP contribution >= 0.6 is 0 Å². The third-order valence-electron chi connectivity index (χ3n) is 2.96. The minimum atomic E-state index is -0.575. The summed E-state index contributed by atoms with van der Waals surface area (Å²) in [5, 5.41) is 0. The van der Waals surface area contributed by atoms with Gasteiger partial charge < -0.3 is 4.98 Å². The van der Waals surface area contributed by atoms with Gasteiger partial charge in [0.1, 0.15) is 17.5 Å². The van der Waals surface area contributed by atoms with E-state index in [-0.39, 0.29) is 11.1 Å². The maximum atomic E-state index is 14.0. The molecule has 0 aliphatic heterocycles. The van der Waals surface area contributed by atoms with E-state index in [9.17, 15) is 8.78 Å². The third-order valence-corrected chi connectivity index (χ3v) is 2.96. The lowest BCUT2D eigenvalue weighted by atomic mass is 10.1. The van der Waals surface area contributed by atoms with Crippen molar-refractivity contribution >= 4 is 11.0 Å². The van der Waals surface area contributed by atoms with Crippen LogP contribution in [0.4, 0.5) is 8.78 Å². The van der Waals surface area contributed by atoms with E-state index in [0.717, 1.165) is 11.0 Å². The second-order valence-corrected chi connectivity index (χ2v) is 4.14. The highest BCUT2D eigenvalue weighted by atomic mass is 19.1. The first-order chi connectivity index (χ1) is 8.66. The Kier molecular flexibility index (Phi) is 2.37. The highest BCUT2D eigenvalue weighted by molar-refractivity contribution is 5.79. The molecule has 2 aromatic carbocycles. The largest absolute Gasteiger partial charge is 0.338 e. The summed E-state index contributed by atoms with van der Waals surface area (Å²) >= 11 is 0. The number of para-hydroxylation sites is 2. The zero-order valence-electron chi connectivity index (χ0n) is 9.67. The fraction of sp³-hybridized carbons (Fsp3) is 0.0714. The molecule has 3 rings (SSSR count). The van der Waals surface area contributed by atoms with Gasteiger partial charge in [0.2, 0.25) is 0 Å². The van der Waals surface area contributed by atoms with Gasteiger partial charge in [-0.1, -0.05) is 12.1 Å². The number of nitrogens with zero attached hydrogens (tertiary/aromatic N) is 1. The van der Waals surface area contributed by atoms with E-state index in [0.29, 0.717) is 5.82 Å². The van der Waals surface area contributed by atoms with E-state index >= 15 is 0 Å². The van der Waals surface area contributed by atoms with Crippen LogP contribution in [0.5, 0.6) is 0 Å². The number of aromatic amines is 1. The molecule has 3 aromatic rings. The minimum Gasteiger partial charge on any atom is -0.338 e. The molecule has 18 heavy (non-hydrogen) atoms. The maximum absolute atomic E-state index is 14.0. The van der Waals surface area contributed by atoms with Crippen molar-refractivity contribution in [3.05, 3.63) is 53.6 Å². The first kappa shape index (κ1) is 10.9. The molecule has 0 bridgehead atoms. The molecule has 1 aromatic heterocycles. The zero-order valence-corrected chi connectivity index (χ0v) is 9.67. The van der Waals surface area contributed by atoms with Gasteiger partial charge in [-0.15, -0.1) is 0 Å². The Hall–Kier alpha value is -2.23. The van der Waals surface area contributed by atoms with Gasteiger partial charge in [-0.3, -0.25) is 0 Å². The van der Waals surface area contributed by atoms with E-state index in [1.54, 1.807) is 0 Å². The summed E-state index contributed by atoms with van der Waals surface area (Å²) < 4.78 is 27.2. The quantitative estimate of drug-likeness (QED) is 0.692. The summed E-state index contributed by atoms with van der Waals surface area (Å²) in [7, 11) is 0. The van der Waals surface area contributed by atoms with E-state index < -0.39 is 11.6 Å². The third kappa shape index (κ3) is 1.57. The van der Waals surface area contributed by atoms with Crippen molar-refractivity contribution in [2.24, 2.45) is 0 Å². The van der Waals surface area contributed by atoms with Gasteiger partial charge >= 0.3 is 0 Å². The van der Waals surface area contributed by atoms with Gasteiger partial charge in [0, 0.05) is 5.56 Å². The summed E-state index contributed by atoms with van der Waals surface area (Å²) in [5.74, 6) is -0.710. The Bertz CT molecular complexity index is 699. The number of aromatic nitrogens is 2. The highest BCUT2D eigenvalue weighted by Crippen LogP contribution is 2.26. The number of rotatable bonds is 1. The molecule has 0 radical (unpaired) electrons. The van der Waals surface area contributed by atoms with Crippen molar-refractivity contribution < 1.29 is 8.78 Å². The van der Waals surface area contributed by atoms with Crippen LogP contribution in [0.2, 0.25) is 0 Å². The lowest BCUT2D eigenvalue weighted by Crippen LogP contribution is -1.93. The Labute approximate surface area is 102 Å². The van der Waals surface area contributed by atoms with E-state index in [4.69, 9.17) is 0 Å². The molecule has 0 atom stereocenters. The van der Waals surface area contributed by atoms with Crippen molar-refractivity contribution in [1.82, 2.24) is 9.97 Å². The predicted octanol–water partition coefficient (Wildman–Crippen LogP) is 3.82. The summed E-state index contributed by atoms with van der Waals surface area (Å²) in [4.78, 5) is 7.32. The summed E-state index contributed by atoms with van der Waals surface area (Å²) in [6, 6.07) is 10.1. The number of benzene rings is 2. The van der Waals surface area contributed by atoms with Crippen LogP contribution in [0.15, 0.2) is 36.4 Å². The molecule has 1 heterocycles. The number of hydrogen-bond donors (Lipinski definition) is 1. The van der Waals surface area contributed by atoms with Crippen LogP contribution in [0.3, 0.4) is 0 Å². The molecule has 90 valence electrons. The second-order valence-electron chi connectivity index (χ2n) is 4.14. The molecule has 0 aliphatic rings. The van der Waals surface area contributed by atoms with Crippen molar-refractivity contribution in [1.29, 1.82) is 0 Å². The van der Waals surface area contributed by atoms with Gasteiger partial charge in [0.05, 0.1) is 16.6 Å². The topological polar surface area (TPSA) is 28.7 Å². The summed E-state index contributed by atoms with van der Waals surface area (Å²) in [6.07, 6.45) is 0. The normalized spacial score (nSPS) is 11.1. The molecule has 0 aliphatic carbocycles. The van der Waals surface area contributed by atoms with Crippen LogP contribution in [0.25, 0.3) is 22.4 Å². The van der Waals surface area contributed by atoms with Crippen LogP contribution in [-0.4, -0.2) is 9.97 Å². The smallest absolute Gasteiger partial charge is 0.141 e. The standard InChI is InChI=1S/C14H10F2N2/c1-8-10(15)7-6-9(13(8)16)14-17-11-4-2-3-5-12(11)18-14/h2-7H,1H3,(H,17,18). The van der Waals surface area contributed by atoms with Crippen LogP contribution in [0, 0.1) is 18.6 Å². The van der Waals surface area contributed by atoms with Crippen LogP contribution in [-0.2, 0) is 0 Å². The SMILES string of the molecule is Cc1c(F)ccc(-c2nc3ccccc3[nH]2)c1F. The van der Waals surface area contributed by atoms with Gasteiger partial charge in [0.15, 0.2) is 0 Å². The Morgan fingerprint density at radius 3 is 2.61 bits per heavy atom. The van der Waals surface area contributed by atoms with E-state index in [1.807, 2.05) is 24.3 Å². The van der Waals surface area contributed by atoms with E-state index in [1.165, 1.54) is 19.1 Å². The summed E-state index contributed by atoms with van der Waals surface area (Å²) in [6.45, 7) is 1.41. The number of halogens is 2. The Morgan fingerprint density at radius 2 is 1.83 bits per heavy atom. The van der Waals surface area contributed by atoms with Gasteiger partial charge in [-0.25, -0.2) is 13.8 Å². The van der Waals surface area contributed by atoms with E-state index in [2.05, 4.69) is 9.97 Å². The molecule has 0 amide bonds. The molecule has 2 nitrogen and oxygen atoms in total. The van der Waals surface area contributed by atoms with Crippen molar-refractivity contribution in [3.8, 4) is 11.4 Å². The number of imidazole rings is 1. The van der Waals surface area contributed by atoms with Gasteiger partial charge in [-0.05, 0) is 31.2 Å². The number of hydrogen-bond acceptors (Lipinski definition) is 1. The Morgan fingerprint density at radius 1 is 1.06 bits per heavy atom. The van der Waals surface area contributed by atoms with Gasteiger partial charge in [0.25, 0.3) is 0 Å². The first-order valence-corrected chi connectivity index (χ1v) is 5.56. The number of H-pyrrole nitrogens is 1. The molecule has 1 N–H and O–H groups in total. The lowest BCUT2D eigenvalue weighted by Gasteiger charge is -2.03. The monoisotopic (exact) mass is 244 g/mol. The Balaban J connectivity index is 2.23. The van der Waals surface area contributed by atoms with Crippen molar-refractivity contribution in [2.45, 2.75) is 6.92 Å². The molecule has 0 saturated heterocycles. The summed E-state index contributed by atoms with van der Waals surface area (Å²) in [5.41, 5.74) is 1.88. The molecule has 0 spiro atoms. The van der Waals surface area contributed by atoms with Crippen LogP contribution in [0.1, 0.15) is 5.56 Å². The average Bonchev–Trinajstić information content (AvgIpc) is 2.79. The van der Waals surface area contributed by atoms with Gasteiger partial charge in [-0.2, -0.15) is 0 Å². The van der Waals surface area contributed by atoms with Crippen molar-refractivity contribution in [3.63, 3.8) is 0 Å². The van der Waals surface area contributed by atoms with Crippen molar-refractivity contribution in [2.75, 3.05) is 0 Å². The number of fused-ring (bicyclic) bond motifs is 1. The molecular formula is C14H10F2N2. The maximum Gasteiger partial charge on any atom is 0.141 e. The molecule has 0 unspecified atom stereocenters. The predicted molar refractivity (Wildman–Crippen MR) is 66.2 cm³/mol. The lowest BCUT2D eigenvalue weighted by molar-refractivity contribution is 0.570. The minimum absolute atomic E-state index is 0.00737. The fourth-order valence-corrected chi connectivity index (χ4v) is 1.92. The van der Waals surface area contributed by atoms with Crippen LogP contribution < -0.4 is 0 Å². The highest BCUT2D eigenvalue weighted by Gasteiger charge is 2.14. The fourth-order valence-electron chi connectivity index (χ4n) is 1.92. The zero-order chi connectivity index (χ0) is 12.7. The molecule has 0 fully saturated rings. The first-order valence-electron chi connectivity index (χ1n) is 5.56. The number of nitrogens with one attached hydrogen (secondary N) is 1. The average molecular weight is 244 g/mol. The molecular weight excluding hydrogens is 234 g/mol.